The second kappa shape index (κ2) is 7.20. The zero-order valence-electron chi connectivity index (χ0n) is 10.8. The van der Waals surface area contributed by atoms with Crippen LogP contribution in [-0.4, -0.2) is 43.4 Å². The summed E-state index contributed by atoms with van der Waals surface area (Å²) in [6.07, 6.45) is 2.86. The SMILES string of the molecule is CCC1(CNC(=O)NCCC(=O)O)CCOCC1. The maximum absolute atomic E-state index is 11.5. The van der Waals surface area contributed by atoms with Crippen LogP contribution < -0.4 is 10.6 Å². The molecule has 0 saturated carbocycles. The van der Waals surface area contributed by atoms with Gasteiger partial charge in [-0.3, -0.25) is 4.79 Å². The second-order valence-electron chi connectivity index (χ2n) is 4.72. The van der Waals surface area contributed by atoms with Crippen LogP contribution in [0, 0.1) is 5.41 Å². The van der Waals surface area contributed by atoms with Gasteiger partial charge in [-0.2, -0.15) is 0 Å². The fourth-order valence-corrected chi connectivity index (χ4v) is 2.07. The van der Waals surface area contributed by atoms with Gasteiger partial charge in [0.25, 0.3) is 0 Å². The van der Waals surface area contributed by atoms with Crippen molar-refractivity contribution in [2.24, 2.45) is 5.41 Å². The van der Waals surface area contributed by atoms with E-state index in [1.165, 1.54) is 0 Å². The Labute approximate surface area is 107 Å². The number of nitrogens with one attached hydrogen (secondary N) is 2. The van der Waals surface area contributed by atoms with Crippen LogP contribution in [0.1, 0.15) is 32.6 Å². The highest BCUT2D eigenvalue weighted by molar-refractivity contribution is 5.75. The molecule has 1 heterocycles. The van der Waals surface area contributed by atoms with E-state index in [1.54, 1.807) is 0 Å². The first kappa shape index (κ1) is 14.8. The summed E-state index contributed by atoms with van der Waals surface area (Å²) in [4.78, 5) is 21.8. The van der Waals surface area contributed by atoms with Crippen molar-refractivity contribution in [3.05, 3.63) is 0 Å². The Morgan fingerprint density at radius 3 is 2.50 bits per heavy atom. The number of rotatable bonds is 6. The molecule has 1 rings (SSSR count). The van der Waals surface area contributed by atoms with Gasteiger partial charge in [0.05, 0.1) is 6.42 Å². The van der Waals surface area contributed by atoms with Crippen molar-refractivity contribution in [2.75, 3.05) is 26.3 Å². The van der Waals surface area contributed by atoms with Gasteiger partial charge in [-0.15, -0.1) is 0 Å². The Morgan fingerprint density at radius 1 is 1.28 bits per heavy atom. The molecule has 6 nitrogen and oxygen atoms in total. The Balaban J connectivity index is 2.25. The molecule has 6 heteroatoms. The molecule has 1 aliphatic heterocycles. The minimum atomic E-state index is -0.912. The van der Waals surface area contributed by atoms with Crippen molar-refractivity contribution in [1.29, 1.82) is 0 Å². The second-order valence-corrected chi connectivity index (χ2v) is 4.72. The van der Waals surface area contributed by atoms with E-state index in [4.69, 9.17) is 9.84 Å². The number of urea groups is 1. The first-order valence-corrected chi connectivity index (χ1v) is 6.39. The van der Waals surface area contributed by atoms with Crippen molar-refractivity contribution < 1.29 is 19.4 Å². The van der Waals surface area contributed by atoms with Crippen LogP contribution in [0.3, 0.4) is 0 Å². The topological polar surface area (TPSA) is 87.7 Å². The number of carboxylic acid groups (broad SMARTS) is 1. The van der Waals surface area contributed by atoms with E-state index in [2.05, 4.69) is 17.6 Å². The molecule has 0 aliphatic carbocycles. The van der Waals surface area contributed by atoms with Crippen LogP contribution in [0.25, 0.3) is 0 Å². The molecule has 0 bridgehead atoms. The average Bonchev–Trinajstić information content (AvgIpc) is 2.37. The van der Waals surface area contributed by atoms with E-state index in [0.717, 1.165) is 32.5 Å². The van der Waals surface area contributed by atoms with Crippen molar-refractivity contribution in [3.8, 4) is 0 Å². The van der Waals surface area contributed by atoms with Gasteiger partial charge in [0.2, 0.25) is 0 Å². The Morgan fingerprint density at radius 2 is 1.94 bits per heavy atom. The monoisotopic (exact) mass is 258 g/mol. The number of hydrogen-bond acceptors (Lipinski definition) is 3. The van der Waals surface area contributed by atoms with Crippen molar-refractivity contribution >= 4 is 12.0 Å². The first-order valence-electron chi connectivity index (χ1n) is 6.39. The van der Waals surface area contributed by atoms with Crippen molar-refractivity contribution in [3.63, 3.8) is 0 Å². The highest BCUT2D eigenvalue weighted by Crippen LogP contribution is 2.32. The fraction of sp³-hybridized carbons (Fsp3) is 0.833. The molecular weight excluding hydrogens is 236 g/mol. The zero-order valence-corrected chi connectivity index (χ0v) is 10.8. The molecule has 0 radical (unpaired) electrons. The van der Waals surface area contributed by atoms with Gasteiger partial charge in [-0.05, 0) is 24.7 Å². The lowest BCUT2D eigenvalue weighted by atomic mass is 9.78. The van der Waals surface area contributed by atoms with Crippen LogP contribution in [0.15, 0.2) is 0 Å². The Hall–Kier alpha value is -1.30. The van der Waals surface area contributed by atoms with Gasteiger partial charge in [0.1, 0.15) is 0 Å². The molecule has 1 aliphatic rings. The number of carboxylic acids is 1. The Kier molecular flexibility index (Phi) is 5.91. The molecule has 0 unspecified atom stereocenters. The summed E-state index contributed by atoms with van der Waals surface area (Å²) < 4.78 is 5.33. The van der Waals surface area contributed by atoms with Gasteiger partial charge in [0.15, 0.2) is 0 Å². The van der Waals surface area contributed by atoms with Gasteiger partial charge in [0, 0.05) is 26.3 Å². The molecule has 1 fully saturated rings. The normalized spacial score (nSPS) is 18.1. The van der Waals surface area contributed by atoms with Crippen LogP contribution in [0.2, 0.25) is 0 Å². The van der Waals surface area contributed by atoms with Gasteiger partial charge in [-0.1, -0.05) is 6.92 Å². The predicted octanol–water partition coefficient (Wildman–Crippen LogP) is 0.967. The van der Waals surface area contributed by atoms with Crippen LogP contribution >= 0.6 is 0 Å². The van der Waals surface area contributed by atoms with E-state index in [-0.39, 0.29) is 24.4 Å². The summed E-state index contributed by atoms with van der Waals surface area (Å²) in [7, 11) is 0. The molecule has 2 amide bonds. The summed E-state index contributed by atoms with van der Waals surface area (Å²) >= 11 is 0. The average molecular weight is 258 g/mol. The molecule has 0 aromatic carbocycles. The molecule has 104 valence electrons. The van der Waals surface area contributed by atoms with E-state index in [0.29, 0.717) is 6.54 Å². The fourth-order valence-electron chi connectivity index (χ4n) is 2.07. The Bertz CT molecular complexity index is 288. The smallest absolute Gasteiger partial charge is 0.314 e. The van der Waals surface area contributed by atoms with Gasteiger partial charge >= 0.3 is 12.0 Å². The van der Waals surface area contributed by atoms with Gasteiger partial charge < -0.3 is 20.5 Å². The number of aliphatic carboxylic acids is 1. The number of carbonyl (C=O) groups excluding carboxylic acids is 1. The highest BCUT2D eigenvalue weighted by Gasteiger charge is 2.30. The number of ether oxygens (including phenoxy) is 1. The standard InChI is InChI=1S/C12H22N2O4/c1-2-12(4-7-18-8-5-12)9-14-11(17)13-6-3-10(15)16/h2-9H2,1H3,(H,15,16)(H2,13,14,17). The molecule has 18 heavy (non-hydrogen) atoms. The third-order valence-electron chi connectivity index (χ3n) is 3.55. The maximum Gasteiger partial charge on any atom is 0.314 e. The summed E-state index contributed by atoms with van der Waals surface area (Å²) in [6.45, 7) is 4.39. The van der Waals surface area contributed by atoms with Crippen LogP contribution in [0.4, 0.5) is 4.79 Å². The number of amides is 2. The molecule has 0 aromatic heterocycles. The van der Waals surface area contributed by atoms with Crippen LogP contribution in [-0.2, 0) is 9.53 Å². The van der Waals surface area contributed by atoms with E-state index >= 15 is 0 Å². The lowest BCUT2D eigenvalue weighted by Crippen LogP contribution is -2.45. The number of carbonyl (C=O) groups is 2. The molecule has 0 aromatic rings. The third-order valence-corrected chi connectivity index (χ3v) is 3.55. The summed E-state index contributed by atoms with van der Waals surface area (Å²) in [6, 6.07) is -0.296. The lowest BCUT2D eigenvalue weighted by Gasteiger charge is -2.36. The molecule has 0 spiro atoms. The zero-order chi connectivity index (χ0) is 13.4. The van der Waals surface area contributed by atoms with Crippen LogP contribution in [0.5, 0.6) is 0 Å². The van der Waals surface area contributed by atoms with Crippen molar-refractivity contribution in [2.45, 2.75) is 32.6 Å². The summed E-state index contributed by atoms with van der Waals surface area (Å²) in [5.41, 5.74) is 0.127. The summed E-state index contributed by atoms with van der Waals surface area (Å²) in [5.74, 6) is -0.912. The van der Waals surface area contributed by atoms with Gasteiger partial charge in [-0.25, -0.2) is 4.79 Å². The van der Waals surface area contributed by atoms with E-state index in [1.807, 2.05) is 0 Å². The minimum absolute atomic E-state index is 0.0554. The lowest BCUT2D eigenvalue weighted by molar-refractivity contribution is -0.136. The van der Waals surface area contributed by atoms with E-state index < -0.39 is 5.97 Å². The summed E-state index contributed by atoms with van der Waals surface area (Å²) in [5, 5.41) is 13.8. The molecule has 1 saturated heterocycles. The van der Waals surface area contributed by atoms with Crippen molar-refractivity contribution in [1.82, 2.24) is 10.6 Å². The molecular formula is C12H22N2O4. The quantitative estimate of drug-likeness (QED) is 0.662. The molecule has 0 atom stereocenters. The number of hydrogen-bond donors (Lipinski definition) is 3. The predicted molar refractivity (Wildman–Crippen MR) is 66.4 cm³/mol. The molecule has 3 N–H and O–H groups in total. The van der Waals surface area contributed by atoms with E-state index in [9.17, 15) is 9.59 Å². The highest BCUT2D eigenvalue weighted by atomic mass is 16.5. The maximum atomic E-state index is 11.5. The first-order chi connectivity index (χ1) is 8.58. The third kappa shape index (κ3) is 4.91. The minimum Gasteiger partial charge on any atom is -0.481 e. The largest absolute Gasteiger partial charge is 0.481 e.